The Bertz CT molecular complexity index is 1120. The van der Waals surface area contributed by atoms with Crippen molar-refractivity contribution in [1.82, 2.24) is 4.90 Å². The van der Waals surface area contributed by atoms with Gasteiger partial charge in [0.25, 0.3) is 0 Å². The predicted octanol–water partition coefficient (Wildman–Crippen LogP) is 7.02. The number of furan rings is 1. The van der Waals surface area contributed by atoms with Crippen LogP contribution in [0.3, 0.4) is 0 Å². The Balaban J connectivity index is 1.28. The van der Waals surface area contributed by atoms with E-state index in [4.69, 9.17) is 4.42 Å². The van der Waals surface area contributed by atoms with Crippen LogP contribution in [-0.4, -0.2) is 30.3 Å². The number of hydrogen-bond acceptors (Lipinski definition) is 3. The minimum absolute atomic E-state index is 0.230. The van der Waals surface area contributed by atoms with E-state index in [0.717, 1.165) is 56.3 Å². The van der Waals surface area contributed by atoms with Crippen molar-refractivity contribution in [2.75, 3.05) is 19.6 Å². The van der Waals surface area contributed by atoms with Gasteiger partial charge in [0, 0.05) is 24.4 Å². The lowest BCUT2D eigenvalue weighted by molar-refractivity contribution is -0.129. The fourth-order valence-electron chi connectivity index (χ4n) is 5.74. The van der Waals surface area contributed by atoms with Crippen LogP contribution in [-0.2, 0) is 10.2 Å². The molecule has 0 saturated heterocycles. The van der Waals surface area contributed by atoms with Crippen molar-refractivity contribution < 1.29 is 9.21 Å². The maximum absolute atomic E-state index is 13.8. The van der Waals surface area contributed by atoms with E-state index < -0.39 is 5.41 Å². The summed E-state index contributed by atoms with van der Waals surface area (Å²) in [5, 5.41) is 1.15. The van der Waals surface area contributed by atoms with Gasteiger partial charge in [-0.25, -0.2) is 0 Å². The number of Topliss-reactive ketones (excluding diaryl/α,β-unsaturated/α-hetero) is 1. The number of hydrogen-bond donors (Lipinski definition) is 0. The highest BCUT2D eigenvalue weighted by Gasteiger charge is 2.39. The van der Waals surface area contributed by atoms with E-state index in [-0.39, 0.29) is 5.92 Å². The monoisotopic (exact) mass is 441 g/mol. The first-order valence-corrected chi connectivity index (χ1v) is 12.6. The molecule has 2 aliphatic rings. The Morgan fingerprint density at radius 1 is 1.06 bits per heavy atom. The molecule has 1 saturated carbocycles. The smallest absolute Gasteiger partial charge is 0.146 e. The van der Waals surface area contributed by atoms with Gasteiger partial charge in [0.1, 0.15) is 11.4 Å². The van der Waals surface area contributed by atoms with Gasteiger partial charge in [-0.1, -0.05) is 67.8 Å². The second kappa shape index (κ2) is 9.69. The number of rotatable bonds is 7. The van der Waals surface area contributed by atoms with Crippen molar-refractivity contribution in [3.8, 4) is 0 Å². The van der Waals surface area contributed by atoms with E-state index >= 15 is 0 Å². The van der Waals surface area contributed by atoms with Crippen LogP contribution in [0, 0.1) is 5.92 Å². The number of ketones is 1. The fourth-order valence-corrected chi connectivity index (χ4v) is 5.74. The molecule has 1 aromatic heterocycles. The quantitative estimate of drug-likeness (QED) is 0.395. The third-order valence-electron chi connectivity index (χ3n) is 7.98. The lowest BCUT2D eigenvalue weighted by Crippen LogP contribution is -2.42. The molecule has 0 spiro atoms. The molecule has 1 aliphatic carbocycles. The molecule has 1 unspecified atom stereocenters. The summed E-state index contributed by atoms with van der Waals surface area (Å²) in [4.78, 5) is 16.3. The van der Waals surface area contributed by atoms with Crippen molar-refractivity contribution in [3.05, 3.63) is 78.1 Å². The van der Waals surface area contributed by atoms with Gasteiger partial charge in [-0.2, -0.15) is 0 Å². The molecule has 2 aromatic carbocycles. The summed E-state index contributed by atoms with van der Waals surface area (Å²) in [7, 11) is 0. The molecule has 3 aromatic rings. The topological polar surface area (TPSA) is 33.5 Å². The van der Waals surface area contributed by atoms with Gasteiger partial charge >= 0.3 is 0 Å². The van der Waals surface area contributed by atoms with E-state index in [1.807, 2.05) is 12.1 Å². The zero-order chi connectivity index (χ0) is 22.7. The van der Waals surface area contributed by atoms with Crippen molar-refractivity contribution in [2.24, 2.45) is 5.92 Å². The van der Waals surface area contributed by atoms with Crippen molar-refractivity contribution in [2.45, 2.75) is 57.3 Å². The molecule has 0 amide bonds. The highest BCUT2D eigenvalue weighted by atomic mass is 16.3. The molecule has 1 atom stereocenters. The Morgan fingerprint density at radius 2 is 1.88 bits per heavy atom. The van der Waals surface area contributed by atoms with Gasteiger partial charge in [0.15, 0.2) is 0 Å². The normalized spacial score (nSPS) is 19.8. The highest BCUT2D eigenvalue weighted by Crippen LogP contribution is 2.37. The van der Waals surface area contributed by atoms with E-state index in [1.165, 1.54) is 36.0 Å². The van der Waals surface area contributed by atoms with Crippen LogP contribution in [0.5, 0.6) is 0 Å². The van der Waals surface area contributed by atoms with Crippen molar-refractivity contribution in [3.63, 3.8) is 0 Å². The maximum atomic E-state index is 13.8. The van der Waals surface area contributed by atoms with Gasteiger partial charge in [-0.05, 0) is 68.0 Å². The summed E-state index contributed by atoms with van der Waals surface area (Å²) in [5.74, 6) is 0.696. The maximum Gasteiger partial charge on any atom is 0.146 e. The van der Waals surface area contributed by atoms with Crippen molar-refractivity contribution >= 4 is 22.3 Å². The number of nitrogens with zero attached hydrogens (tertiary/aromatic N) is 1. The van der Waals surface area contributed by atoms with Gasteiger partial charge in [0.2, 0.25) is 0 Å². The molecule has 0 radical (unpaired) electrons. The summed E-state index contributed by atoms with van der Waals surface area (Å²) >= 11 is 0. The summed E-state index contributed by atoms with van der Waals surface area (Å²) in [5.41, 5.74) is 4.39. The van der Waals surface area contributed by atoms with Crippen LogP contribution in [0.4, 0.5) is 0 Å². The van der Waals surface area contributed by atoms with E-state index in [2.05, 4.69) is 60.4 Å². The molecule has 1 aliphatic heterocycles. The minimum Gasteiger partial charge on any atom is -0.464 e. The molecule has 1 fully saturated rings. The SMILES string of the molecule is CC(CCN1CC=C(c2ccc3ccoc3c2)CC1)(C(=O)C1CCCCC1)c1ccccc1. The van der Waals surface area contributed by atoms with Crippen LogP contribution >= 0.6 is 0 Å². The van der Waals surface area contributed by atoms with Crippen LogP contribution in [0.25, 0.3) is 16.5 Å². The summed E-state index contributed by atoms with van der Waals surface area (Å²) in [6.07, 6.45) is 11.8. The summed E-state index contributed by atoms with van der Waals surface area (Å²) in [6, 6.07) is 19.0. The lowest BCUT2D eigenvalue weighted by atomic mass is 9.69. The molecule has 0 bridgehead atoms. The number of carbonyl (C=O) groups is 1. The molecule has 3 heteroatoms. The molecule has 5 rings (SSSR count). The molecule has 0 N–H and O–H groups in total. The minimum atomic E-state index is -0.405. The zero-order valence-corrected chi connectivity index (χ0v) is 19.8. The standard InChI is InChI=1S/C30H35NO2/c1-30(27-10-6-3-7-11-27,29(32)25-8-4-2-5-9-25)17-20-31-18-14-23(15-19-31)26-13-12-24-16-21-33-28(24)22-26/h3,6-7,10-14,16,21-22,25H,2,4-5,8-9,15,17-20H2,1H3. The third-order valence-corrected chi connectivity index (χ3v) is 7.98. The Morgan fingerprint density at radius 3 is 2.64 bits per heavy atom. The average Bonchev–Trinajstić information content (AvgIpc) is 3.36. The van der Waals surface area contributed by atoms with Crippen LogP contribution in [0.15, 0.2) is 71.4 Å². The van der Waals surface area contributed by atoms with Gasteiger partial charge < -0.3 is 4.42 Å². The molecule has 3 nitrogen and oxygen atoms in total. The average molecular weight is 442 g/mol. The van der Waals surface area contributed by atoms with Crippen molar-refractivity contribution in [1.29, 1.82) is 0 Å². The second-order valence-corrected chi connectivity index (χ2v) is 10.1. The largest absolute Gasteiger partial charge is 0.464 e. The Labute approximate surface area is 197 Å². The molecule has 33 heavy (non-hydrogen) atoms. The number of carbonyl (C=O) groups excluding carboxylic acids is 1. The number of fused-ring (bicyclic) bond motifs is 1. The van der Waals surface area contributed by atoms with Gasteiger partial charge in [0.05, 0.1) is 11.7 Å². The highest BCUT2D eigenvalue weighted by molar-refractivity contribution is 5.91. The summed E-state index contributed by atoms with van der Waals surface area (Å²) in [6.45, 7) is 5.12. The summed E-state index contributed by atoms with van der Waals surface area (Å²) < 4.78 is 5.59. The first-order valence-electron chi connectivity index (χ1n) is 12.6. The molecule has 2 heterocycles. The Kier molecular flexibility index (Phi) is 6.50. The van der Waals surface area contributed by atoms with Gasteiger partial charge in [-0.15, -0.1) is 0 Å². The number of benzene rings is 2. The Hall–Kier alpha value is -2.65. The van der Waals surface area contributed by atoms with E-state index in [0.29, 0.717) is 5.78 Å². The first kappa shape index (κ1) is 22.2. The second-order valence-electron chi connectivity index (χ2n) is 10.1. The third kappa shape index (κ3) is 4.70. The first-order chi connectivity index (χ1) is 16.1. The fraction of sp³-hybridized carbons (Fsp3) is 0.433. The predicted molar refractivity (Wildman–Crippen MR) is 135 cm³/mol. The molecular formula is C30H35NO2. The molecular weight excluding hydrogens is 406 g/mol. The van der Waals surface area contributed by atoms with E-state index in [9.17, 15) is 4.79 Å². The molecule has 172 valence electrons. The van der Waals surface area contributed by atoms with Crippen LogP contribution in [0.2, 0.25) is 0 Å². The van der Waals surface area contributed by atoms with Gasteiger partial charge in [-0.3, -0.25) is 9.69 Å². The van der Waals surface area contributed by atoms with Crippen LogP contribution < -0.4 is 0 Å². The lowest BCUT2D eigenvalue weighted by Gasteiger charge is -2.36. The zero-order valence-electron chi connectivity index (χ0n) is 19.8. The van der Waals surface area contributed by atoms with Crippen LogP contribution in [0.1, 0.15) is 63.0 Å². The van der Waals surface area contributed by atoms with E-state index in [1.54, 1.807) is 6.26 Å².